The summed E-state index contributed by atoms with van der Waals surface area (Å²) in [5.74, 6) is -0.890. The van der Waals surface area contributed by atoms with Gasteiger partial charge in [0.25, 0.3) is 0 Å². The van der Waals surface area contributed by atoms with Crippen molar-refractivity contribution in [3.8, 4) is 0 Å². The summed E-state index contributed by atoms with van der Waals surface area (Å²) in [6.45, 7) is 11.7. The lowest BCUT2D eigenvalue weighted by molar-refractivity contribution is -0.135. The smallest absolute Gasteiger partial charge is 0.414 e. The number of amides is 2. The molecular weight excluding hydrogens is 402 g/mol. The fraction of sp³-hybridized carbons (Fsp3) is 0.522. The molecule has 0 saturated carbocycles. The molecule has 0 aliphatic carbocycles. The zero-order chi connectivity index (χ0) is 23.1. The van der Waals surface area contributed by atoms with Crippen molar-refractivity contribution >= 4 is 29.7 Å². The van der Waals surface area contributed by atoms with Crippen LogP contribution in [0.25, 0.3) is 0 Å². The molecule has 0 rings (SSSR count). The molecule has 2 N–H and O–H groups in total. The maximum Gasteiger partial charge on any atom is 0.414 e. The maximum absolute atomic E-state index is 11.9. The van der Waals surface area contributed by atoms with Crippen LogP contribution in [0.2, 0.25) is 0 Å². The Labute approximate surface area is 184 Å². The van der Waals surface area contributed by atoms with Crippen molar-refractivity contribution in [1.82, 2.24) is 4.90 Å². The monoisotopic (exact) mass is 437 g/mol. The van der Waals surface area contributed by atoms with Gasteiger partial charge in [0.2, 0.25) is 5.91 Å². The topological polar surface area (TPSA) is 94.9 Å². The van der Waals surface area contributed by atoms with Crippen molar-refractivity contribution in [2.75, 3.05) is 18.1 Å². The van der Waals surface area contributed by atoms with Crippen molar-refractivity contribution in [3.63, 3.8) is 0 Å². The van der Waals surface area contributed by atoms with Crippen LogP contribution in [0.1, 0.15) is 59.8 Å². The minimum atomic E-state index is -1.38. The minimum Gasteiger partial charge on any atom is -0.478 e. The van der Waals surface area contributed by atoms with Crippen LogP contribution in [-0.2, 0) is 9.59 Å². The lowest BCUT2D eigenvalue weighted by atomic mass is 10.1. The number of carboxylic acids is 1. The number of hydrogen-bond acceptors (Lipinski definition) is 4. The predicted octanol–water partition coefficient (Wildman–Crippen LogP) is 5.68. The normalized spacial score (nSPS) is 11.7. The molecule has 0 heterocycles. The molecule has 2 amide bonds. The Kier molecular flexibility index (Phi) is 14.4. The second kappa shape index (κ2) is 15.5. The molecule has 0 aromatic heterocycles. The number of aliphatic carboxylic acids is 1. The van der Waals surface area contributed by atoms with Gasteiger partial charge in [-0.3, -0.25) is 4.79 Å². The van der Waals surface area contributed by atoms with E-state index in [1.165, 1.54) is 28.5 Å². The van der Waals surface area contributed by atoms with Crippen LogP contribution in [0.15, 0.2) is 47.1 Å². The molecule has 0 spiro atoms. The van der Waals surface area contributed by atoms with Gasteiger partial charge in [-0.15, -0.1) is 0 Å². The van der Waals surface area contributed by atoms with Crippen LogP contribution in [0.4, 0.5) is 4.79 Å². The van der Waals surface area contributed by atoms with E-state index in [2.05, 4.69) is 52.5 Å². The van der Waals surface area contributed by atoms with E-state index in [4.69, 9.17) is 10.2 Å². The van der Waals surface area contributed by atoms with Gasteiger partial charge in [-0.2, -0.15) is 11.8 Å². The molecule has 0 aromatic rings. The molecule has 7 heteroatoms. The molecule has 0 radical (unpaired) electrons. The summed E-state index contributed by atoms with van der Waals surface area (Å²) in [7, 11) is 0. The largest absolute Gasteiger partial charge is 0.478 e. The maximum atomic E-state index is 11.9. The first-order valence-corrected chi connectivity index (χ1v) is 11.2. The molecule has 0 bridgehead atoms. The highest BCUT2D eigenvalue weighted by atomic mass is 32.2. The van der Waals surface area contributed by atoms with E-state index >= 15 is 0 Å². The third-order valence-electron chi connectivity index (χ3n) is 4.33. The lowest BCUT2D eigenvalue weighted by Gasteiger charge is -2.16. The number of nitrogens with zero attached hydrogens (tertiary/aromatic N) is 1. The van der Waals surface area contributed by atoms with Crippen molar-refractivity contribution in [3.05, 3.63) is 47.1 Å². The fourth-order valence-corrected chi connectivity index (χ4v) is 3.34. The first-order chi connectivity index (χ1) is 14.0. The van der Waals surface area contributed by atoms with Gasteiger partial charge in [0.05, 0.1) is 6.42 Å². The third-order valence-corrected chi connectivity index (χ3v) is 5.20. The van der Waals surface area contributed by atoms with Crippen LogP contribution in [-0.4, -0.2) is 51.1 Å². The molecule has 0 aliphatic rings. The summed E-state index contributed by atoms with van der Waals surface area (Å²) in [4.78, 5) is 34.6. The molecule has 0 aromatic carbocycles. The van der Waals surface area contributed by atoms with Crippen molar-refractivity contribution in [1.29, 1.82) is 0 Å². The standard InChI is InChI=1S/C23H35NO5S/c1-17(2)8-6-9-18(3)10-7-11-19(4)12-14-30-15-13-24(23(28)29)21(25)16-20(5)22(26)27/h8,10,12H,5-7,9,11,13-16H2,1-4H3,(H,26,27)(H,28,29)/b18-10+,19-12+. The number of rotatable bonds is 14. The van der Waals surface area contributed by atoms with Crippen LogP contribution < -0.4 is 0 Å². The van der Waals surface area contributed by atoms with E-state index in [0.29, 0.717) is 10.7 Å². The summed E-state index contributed by atoms with van der Waals surface area (Å²) >= 11 is 1.53. The van der Waals surface area contributed by atoms with E-state index < -0.39 is 24.4 Å². The van der Waals surface area contributed by atoms with Gasteiger partial charge in [-0.25, -0.2) is 14.5 Å². The van der Waals surface area contributed by atoms with Gasteiger partial charge < -0.3 is 10.2 Å². The zero-order valence-corrected chi connectivity index (χ0v) is 19.4. The average Bonchev–Trinajstić information content (AvgIpc) is 2.63. The van der Waals surface area contributed by atoms with Gasteiger partial charge in [-0.1, -0.05) is 41.5 Å². The third kappa shape index (κ3) is 13.8. The first-order valence-electron chi connectivity index (χ1n) is 10.0. The van der Waals surface area contributed by atoms with Crippen LogP contribution in [0.5, 0.6) is 0 Å². The Bertz CT molecular complexity index is 702. The first kappa shape index (κ1) is 27.7. The number of thioether (sulfide) groups is 1. The van der Waals surface area contributed by atoms with Crippen molar-refractivity contribution in [2.45, 2.75) is 59.8 Å². The molecule has 0 aliphatic heterocycles. The van der Waals surface area contributed by atoms with Crippen molar-refractivity contribution in [2.24, 2.45) is 0 Å². The zero-order valence-electron chi connectivity index (χ0n) is 18.6. The van der Waals surface area contributed by atoms with Crippen molar-refractivity contribution < 1.29 is 24.6 Å². The SMILES string of the molecule is C=C(CC(=O)N(CCSC/C=C(\C)CC/C=C(\C)CCC=C(C)C)C(=O)O)C(=O)O. The van der Waals surface area contributed by atoms with Gasteiger partial charge in [-0.05, 0) is 53.4 Å². The Morgan fingerprint density at radius 2 is 1.50 bits per heavy atom. The molecule has 6 nitrogen and oxygen atoms in total. The molecule has 0 unspecified atom stereocenters. The number of carbonyl (C=O) groups is 3. The van der Waals surface area contributed by atoms with Crippen LogP contribution in [0.3, 0.4) is 0 Å². The summed E-state index contributed by atoms with van der Waals surface area (Å²) in [6, 6.07) is 0. The number of imide groups is 1. The summed E-state index contributed by atoms with van der Waals surface area (Å²) in [6.07, 6.45) is 8.92. The van der Waals surface area contributed by atoms with Gasteiger partial charge in [0.1, 0.15) is 0 Å². The molecule has 0 atom stereocenters. The number of carbonyl (C=O) groups excluding carboxylic acids is 1. The van der Waals surface area contributed by atoms with Crippen LogP contribution in [0, 0.1) is 0 Å². The Morgan fingerprint density at radius 1 is 0.933 bits per heavy atom. The quantitative estimate of drug-likeness (QED) is 0.206. The highest BCUT2D eigenvalue weighted by Gasteiger charge is 2.22. The number of allylic oxidation sites excluding steroid dienone is 5. The molecule has 0 saturated heterocycles. The second-order valence-corrected chi connectivity index (χ2v) is 8.60. The van der Waals surface area contributed by atoms with E-state index in [1.54, 1.807) is 0 Å². The number of carboxylic acid groups (broad SMARTS) is 2. The van der Waals surface area contributed by atoms with Gasteiger partial charge >= 0.3 is 12.1 Å². The van der Waals surface area contributed by atoms with E-state index in [1.807, 2.05) is 0 Å². The lowest BCUT2D eigenvalue weighted by Crippen LogP contribution is -2.38. The molecular formula is C23H35NO5S. The predicted molar refractivity (Wildman–Crippen MR) is 124 cm³/mol. The van der Waals surface area contributed by atoms with Gasteiger partial charge in [0, 0.05) is 23.6 Å². The highest BCUT2D eigenvalue weighted by Crippen LogP contribution is 2.13. The summed E-state index contributed by atoms with van der Waals surface area (Å²) in [5.41, 5.74) is 3.71. The van der Waals surface area contributed by atoms with E-state index in [-0.39, 0.29) is 12.1 Å². The second-order valence-electron chi connectivity index (χ2n) is 7.45. The highest BCUT2D eigenvalue weighted by molar-refractivity contribution is 7.99. The Hall–Kier alpha value is -2.28. The summed E-state index contributed by atoms with van der Waals surface area (Å²) in [5, 5.41) is 17.9. The molecule has 0 fully saturated rings. The van der Waals surface area contributed by atoms with E-state index in [0.717, 1.165) is 31.4 Å². The van der Waals surface area contributed by atoms with Gasteiger partial charge in [0.15, 0.2) is 0 Å². The fourth-order valence-electron chi connectivity index (χ4n) is 2.46. The number of hydrogen-bond donors (Lipinski definition) is 2. The average molecular weight is 438 g/mol. The Morgan fingerprint density at radius 3 is 2.03 bits per heavy atom. The van der Waals surface area contributed by atoms with E-state index in [9.17, 15) is 14.4 Å². The molecule has 168 valence electrons. The Balaban J connectivity index is 4.25. The summed E-state index contributed by atoms with van der Waals surface area (Å²) < 4.78 is 0. The minimum absolute atomic E-state index is 0.0201. The van der Waals surface area contributed by atoms with Crippen LogP contribution >= 0.6 is 11.8 Å². The molecule has 30 heavy (non-hydrogen) atoms.